The highest BCUT2D eigenvalue weighted by Crippen LogP contribution is 2.35. The standard InChI is InChI=1S/C17H21N5/c1-12-3-6-14-15(9-12)20-16(19-14)10-21(2)11-17-18-7-8-22(17)13-4-5-13/h3,6-9,13H,4-5,10-11H2,1-2H3,(H,19,20). The first-order chi connectivity index (χ1) is 10.7. The molecule has 0 radical (unpaired) electrons. The van der Waals surface area contributed by atoms with Gasteiger partial charge in [0.1, 0.15) is 11.6 Å². The van der Waals surface area contributed by atoms with Gasteiger partial charge in [0.25, 0.3) is 0 Å². The van der Waals surface area contributed by atoms with Crippen LogP contribution in [-0.2, 0) is 13.1 Å². The smallest absolute Gasteiger partial charge is 0.123 e. The Kier molecular flexibility index (Phi) is 3.22. The third-order valence-electron chi connectivity index (χ3n) is 4.21. The minimum atomic E-state index is 0.681. The number of imidazole rings is 2. The van der Waals surface area contributed by atoms with Crippen LogP contribution in [0, 0.1) is 6.92 Å². The molecule has 4 rings (SSSR count). The predicted molar refractivity (Wildman–Crippen MR) is 86.5 cm³/mol. The van der Waals surface area contributed by atoms with E-state index in [2.05, 4.69) is 62.8 Å². The van der Waals surface area contributed by atoms with Gasteiger partial charge in [0.05, 0.1) is 24.1 Å². The van der Waals surface area contributed by atoms with Crippen LogP contribution < -0.4 is 0 Å². The maximum atomic E-state index is 4.67. The third kappa shape index (κ3) is 2.64. The molecule has 1 aromatic carbocycles. The summed E-state index contributed by atoms with van der Waals surface area (Å²) in [6, 6.07) is 7.00. The van der Waals surface area contributed by atoms with E-state index >= 15 is 0 Å². The van der Waals surface area contributed by atoms with Crippen molar-refractivity contribution in [2.45, 2.75) is 38.9 Å². The van der Waals surface area contributed by atoms with Crippen LogP contribution in [0.4, 0.5) is 0 Å². The minimum absolute atomic E-state index is 0.681. The molecule has 1 N–H and O–H groups in total. The Morgan fingerprint density at radius 2 is 2.18 bits per heavy atom. The van der Waals surface area contributed by atoms with E-state index in [0.717, 1.165) is 35.8 Å². The van der Waals surface area contributed by atoms with Crippen molar-refractivity contribution in [3.8, 4) is 0 Å². The lowest BCUT2D eigenvalue weighted by atomic mass is 10.2. The van der Waals surface area contributed by atoms with E-state index in [1.54, 1.807) is 0 Å². The topological polar surface area (TPSA) is 49.7 Å². The molecular weight excluding hydrogens is 274 g/mol. The molecule has 5 nitrogen and oxygen atoms in total. The zero-order valence-electron chi connectivity index (χ0n) is 13.1. The number of H-pyrrole nitrogens is 1. The molecule has 1 aliphatic rings. The number of fused-ring (bicyclic) bond motifs is 1. The Labute approximate surface area is 130 Å². The van der Waals surface area contributed by atoms with E-state index in [1.807, 2.05) is 6.20 Å². The van der Waals surface area contributed by atoms with Crippen molar-refractivity contribution in [1.82, 2.24) is 24.4 Å². The van der Waals surface area contributed by atoms with E-state index in [-0.39, 0.29) is 0 Å². The van der Waals surface area contributed by atoms with Gasteiger partial charge < -0.3 is 9.55 Å². The van der Waals surface area contributed by atoms with Crippen LogP contribution in [0.25, 0.3) is 11.0 Å². The fourth-order valence-electron chi connectivity index (χ4n) is 2.96. The highest BCUT2D eigenvalue weighted by Gasteiger charge is 2.25. The Morgan fingerprint density at radius 3 is 3.00 bits per heavy atom. The van der Waals surface area contributed by atoms with Crippen molar-refractivity contribution in [1.29, 1.82) is 0 Å². The molecule has 1 aliphatic carbocycles. The first-order valence-electron chi connectivity index (χ1n) is 7.84. The Balaban J connectivity index is 1.48. The molecule has 22 heavy (non-hydrogen) atoms. The lowest BCUT2D eigenvalue weighted by Crippen LogP contribution is -2.20. The van der Waals surface area contributed by atoms with Crippen LogP contribution in [0.3, 0.4) is 0 Å². The number of rotatable bonds is 5. The summed E-state index contributed by atoms with van der Waals surface area (Å²) in [5.41, 5.74) is 3.40. The number of benzene rings is 1. The second kappa shape index (κ2) is 5.25. The number of nitrogens with one attached hydrogen (secondary N) is 1. The normalized spacial score (nSPS) is 15.0. The first-order valence-corrected chi connectivity index (χ1v) is 7.84. The summed E-state index contributed by atoms with van der Waals surface area (Å²) in [5, 5.41) is 0. The zero-order valence-corrected chi connectivity index (χ0v) is 13.1. The van der Waals surface area contributed by atoms with Gasteiger partial charge in [-0.3, -0.25) is 4.90 Å². The van der Waals surface area contributed by atoms with Gasteiger partial charge in [-0.25, -0.2) is 9.97 Å². The molecule has 0 saturated heterocycles. The molecule has 1 fully saturated rings. The summed E-state index contributed by atoms with van der Waals surface area (Å²) in [6.45, 7) is 3.74. The average molecular weight is 295 g/mol. The lowest BCUT2D eigenvalue weighted by molar-refractivity contribution is 0.298. The number of aryl methyl sites for hydroxylation is 1. The molecular formula is C17H21N5. The van der Waals surface area contributed by atoms with Crippen molar-refractivity contribution in [2.75, 3.05) is 7.05 Å². The largest absolute Gasteiger partial charge is 0.341 e. The van der Waals surface area contributed by atoms with Gasteiger partial charge in [-0.2, -0.15) is 0 Å². The number of aromatic nitrogens is 4. The fourth-order valence-corrected chi connectivity index (χ4v) is 2.96. The molecule has 0 atom stereocenters. The zero-order chi connectivity index (χ0) is 15.1. The van der Waals surface area contributed by atoms with Gasteiger partial charge in [-0.15, -0.1) is 0 Å². The summed E-state index contributed by atoms with van der Waals surface area (Å²) >= 11 is 0. The average Bonchev–Trinajstić information content (AvgIpc) is 3.09. The predicted octanol–water partition coefficient (Wildman–Crippen LogP) is 3.03. The van der Waals surface area contributed by atoms with Gasteiger partial charge >= 0.3 is 0 Å². The SMILES string of the molecule is Cc1ccc2nc(CN(C)Cc3nccn3C3CC3)[nH]c2c1. The lowest BCUT2D eigenvalue weighted by Gasteiger charge is -2.15. The van der Waals surface area contributed by atoms with Crippen LogP contribution in [0.2, 0.25) is 0 Å². The van der Waals surface area contributed by atoms with Gasteiger partial charge in [0, 0.05) is 18.4 Å². The molecule has 0 unspecified atom stereocenters. The molecule has 0 aliphatic heterocycles. The molecule has 1 saturated carbocycles. The molecule has 3 aromatic rings. The van der Waals surface area contributed by atoms with E-state index in [9.17, 15) is 0 Å². The summed E-state index contributed by atoms with van der Waals surface area (Å²) in [6.07, 6.45) is 6.59. The molecule has 2 heterocycles. The second-order valence-electron chi connectivity index (χ2n) is 6.36. The third-order valence-corrected chi connectivity index (χ3v) is 4.21. The van der Waals surface area contributed by atoms with E-state index in [0.29, 0.717) is 6.04 Å². The second-order valence-corrected chi connectivity index (χ2v) is 6.36. The minimum Gasteiger partial charge on any atom is -0.341 e. The van der Waals surface area contributed by atoms with E-state index < -0.39 is 0 Å². The molecule has 5 heteroatoms. The number of hydrogen-bond donors (Lipinski definition) is 1. The Morgan fingerprint density at radius 1 is 1.32 bits per heavy atom. The van der Waals surface area contributed by atoms with Crippen LogP contribution in [0.15, 0.2) is 30.6 Å². The molecule has 114 valence electrons. The number of hydrogen-bond acceptors (Lipinski definition) is 3. The maximum Gasteiger partial charge on any atom is 0.123 e. The number of nitrogens with zero attached hydrogens (tertiary/aromatic N) is 4. The van der Waals surface area contributed by atoms with Crippen LogP contribution in [0.5, 0.6) is 0 Å². The Bertz CT molecular complexity index is 796. The van der Waals surface area contributed by atoms with Gasteiger partial charge in [-0.05, 0) is 44.5 Å². The van der Waals surface area contributed by atoms with Crippen molar-refractivity contribution in [2.24, 2.45) is 0 Å². The highest BCUT2D eigenvalue weighted by molar-refractivity contribution is 5.75. The summed E-state index contributed by atoms with van der Waals surface area (Å²) < 4.78 is 2.32. The van der Waals surface area contributed by atoms with Crippen molar-refractivity contribution in [3.63, 3.8) is 0 Å². The van der Waals surface area contributed by atoms with Gasteiger partial charge in [0.15, 0.2) is 0 Å². The van der Waals surface area contributed by atoms with Crippen LogP contribution in [-0.4, -0.2) is 31.5 Å². The maximum absolute atomic E-state index is 4.67. The van der Waals surface area contributed by atoms with E-state index in [1.165, 1.54) is 18.4 Å². The summed E-state index contributed by atoms with van der Waals surface area (Å²) in [5.74, 6) is 2.16. The molecule has 0 amide bonds. The molecule has 0 bridgehead atoms. The highest BCUT2D eigenvalue weighted by atomic mass is 15.2. The first kappa shape index (κ1) is 13.5. The Hall–Kier alpha value is -2.14. The van der Waals surface area contributed by atoms with E-state index in [4.69, 9.17) is 0 Å². The van der Waals surface area contributed by atoms with Crippen molar-refractivity contribution in [3.05, 3.63) is 47.8 Å². The van der Waals surface area contributed by atoms with Crippen LogP contribution in [0.1, 0.15) is 36.1 Å². The van der Waals surface area contributed by atoms with Crippen molar-refractivity contribution < 1.29 is 0 Å². The quantitative estimate of drug-likeness (QED) is 0.787. The molecule has 2 aromatic heterocycles. The van der Waals surface area contributed by atoms with Gasteiger partial charge in [0.2, 0.25) is 0 Å². The number of aromatic amines is 1. The summed E-state index contributed by atoms with van der Waals surface area (Å²) in [7, 11) is 2.12. The summed E-state index contributed by atoms with van der Waals surface area (Å²) in [4.78, 5) is 14.8. The fraction of sp³-hybridized carbons (Fsp3) is 0.412. The molecule has 0 spiro atoms. The van der Waals surface area contributed by atoms with Crippen molar-refractivity contribution >= 4 is 11.0 Å². The monoisotopic (exact) mass is 295 g/mol. The van der Waals surface area contributed by atoms with Crippen LogP contribution >= 0.6 is 0 Å². The van der Waals surface area contributed by atoms with Gasteiger partial charge in [-0.1, -0.05) is 6.07 Å².